The standard InChI is InChI=1S/C17H25N5.HI/c1-4-14(2)21-17(18-3)19-10-16-11-20-22(13-16)12-15-8-6-5-7-9-15;/h5-9,11,13-14H,4,10,12H2,1-3H3,(H2,18,19,21);1H. The van der Waals surface area contributed by atoms with Crippen LogP contribution in [0.4, 0.5) is 0 Å². The van der Waals surface area contributed by atoms with E-state index in [0.717, 1.165) is 24.5 Å². The Hall–Kier alpha value is -1.57. The Labute approximate surface area is 155 Å². The fourth-order valence-corrected chi connectivity index (χ4v) is 2.07. The maximum absolute atomic E-state index is 4.41. The summed E-state index contributed by atoms with van der Waals surface area (Å²) in [5, 5.41) is 11.1. The van der Waals surface area contributed by atoms with E-state index in [1.54, 1.807) is 7.05 Å². The average molecular weight is 427 g/mol. The number of rotatable bonds is 6. The van der Waals surface area contributed by atoms with Gasteiger partial charge in [-0.1, -0.05) is 37.3 Å². The molecule has 23 heavy (non-hydrogen) atoms. The van der Waals surface area contributed by atoms with Crippen LogP contribution < -0.4 is 10.6 Å². The topological polar surface area (TPSA) is 54.2 Å². The zero-order valence-corrected chi connectivity index (χ0v) is 16.3. The molecule has 2 rings (SSSR count). The van der Waals surface area contributed by atoms with E-state index in [-0.39, 0.29) is 24.0 Å². The van der Waals surface area contributed by atoms with E-state index >= 15 is 0 Å². The Morgan fingerprint density at radius 1 is 1.26 bits per heavy atom. The van der Waals surface area contributed by atoms with Crippen LogP contribution in [0.25, 0.3) is 0 Å². The molecule has 1 unspecified atom stereocenters. The molecule has 2 N–H and O–H groups in total. The van der Waals surface area contributed by atoms with Crippen molar-refractivity contribution in [1.29, 1.82) is 0 Å². The maximum Gasteiger partial charge on any atom is 0.191 e. The molecule has 1 aromatic carbocycles. The van der Waals surface area contributed by atoms with Gasteiger partial charge in [-0.2, -0.15) is 5.10 Å². The highest BCUT2D eigenvalue weighted by molar-refractivity contribution is 14.0. The highest BCUT2D eigenvalue weighted by atomic mass is 127. The van der Waals surface area contributed by atoms with Gasteiger partial charge < -0.3 is 10.6 Å². The fourth-order valence-electron chi connectivity index (χ4n) is 2.07. The van der Waals surface area contributed by atoms with E-state index in [1.165, 1.54) is 5.56 Å². The summed E-state index contributed by atoms with van der Waals surface area (Å²) in [5.74, 6) is 0.824. The SMILES string of the molecule is CCC(C)NC(=NC)NCc1cnn(Cc2ccccc2)c1.I. The van der Waals surface area contributed by atoms with Crippen LogP contribution in [-0.4, -0.2) is 28.8 Å². The van der Waals surface area contributed by atoms with Crippen LogP contribution >= 0.6 is 24.0 Å². The van der Waals surface area contributed by atoms with Crippen LogP contribution in [0.1, 0.15) is 31.4 Å². The van der Waals surface area contributed by atoms with Crippen molar-refractivity contribution in [3.8, 4) is 0 Å². The molecule has 126 valence electrons. The number of aliphatic imine (C=N–C) groups is 1. The summed E-state index contributed by atoms with van der Waals surface area (Å²) in [4.78, 5) is 4.23. The van der Waals surface area contributed by atoms with Gasteiger partial charge in [0.25, 0.3) is 0 Å². The third-order valence-corrected chi connectivity index (χ3v) is 3.55. The molecule has 1 atom stereocenters. The van der Waals surface area contributed by atoms with Crippen molar-refractivity contribution in [1.82, 2.24) is 20.4 Å². The molecule has 2 aromatic rings. The number of hydrogen-bond donors (Lipinski definition) is 2. The summed E-state index contributed by atoms with van der Waals surface area (Å²) >= 11 is 0. The van der Waals surface area contributed by atoms with Gasteiger partial charge in [0.15, 0.2) is 5.96 Å². The van der Waals surface area contributed by atoms with Crippen molar-refractivity contribution in [2.24, 2.45) is 4.99 Å². The van der Waals surface area contributed by atoms with Gasteiger partial charge in [-0.25, -0.2) is 0 Å². The maximum atomic E-state index is 4.41. The van der Waals surface area contributed by atoms with Gasteiger partial charge in [0.05, 0.1) is 12.7 Å². The molecular formula is C17H26IN5. The number of guanidine groups is 1. The third kappa shape index (κ3) is 6.60. The van der Waals surface area contributed by atoms with Crippen LogP contribution in [0.15, 0.2) is 47.7 Å². The van der Waals surface area contributed by atoms with E-state index < -0.39 is 0 Å². The smallest absolute Gasteiger partial charge is 0.191 e. The Morgan fingerprint density at radius 2 is 2.00 bits per heavy atom. The Bertz CT molecular complexity index is 594. The summed E-state index contributed by atoms with van der Waals surface area (Å²) < 4.78 is 1.96. The van der Waals surface area contributed by atoms with Gasteiger partial charge in [-0.3, -0.25) is 9.67 Å². The van der Waals surface area contributed by atoms with Crippen LogP contribution in [0.5, 0.6) is 0 Å². The molecule has 6 heteroatoms. The number of hydrogen-bond acceptors (Lipinski definition) is 2. The number of nitrogens with zero attached hydrogens (tertiary/aromatic N) is 3. The third-order valence-electron chi connectivity index (χ3n) is 3.55. The van der Waals surface area contributed by atoms with E-state index in [2.05, 4.69) is 52.9 Å². The second kappa shape index (κ2) is 10.3. The highest BCUT2D eigenvalue weighted by Crippen LogP contribution is 2.03. The minimum atomic E-state index is 0. The van der Waals surface area contributed by atoms with Crippen LogP contribution in [0.2, 0.25) is 0 Å². The zero-order chi connectivity index (χ0) is 15.8. The number of nitrogens with one attached hydrogen (secondary N) is 2. The molecule has 0 radical (unpaired) electrons. The fraction of sp³-hybridized carbons (Fsp3) is 0.412. The van der Waals surface area contributed by atoms with Crippen molar-refractivity contribution < 1.29 is 0 Å². The Morgan fingerprint density at radius 3 is 2.65 bits per heavy atom. The monoisotopic (exact) mass is 427 g/mol. The normalized spacial score (nSPS) is 12.4. The zero-order valence-electron chi connectivity index (χ0n) is 14.0. The predicted molar refractivity (Wildman–Crippen MR) is 106 cm³/mol. The van der Waals surface area contributed by atoms with Crippen LogP contribution in [-0.2, 0) is 13.1 Å². The Balaban J connectivity index is 0.00000264. The van der Waals surface area contributed by atoms with Crippen LogP contribution in [0, 0.1) is 0 Å². The molecule has 5 nitrogen and oxygen atoms in total. The molecule has 0 spiro atoms. The van der Waals surface area contributed by atoms with E-state index in [1.807, 2.05) is 29.1 Å². The van der Waals surface area contributed by atoms with Gasteiger partial charge in [-0.05, 0) is 18.9 Å². The molecule has 0 aliphatic carbocycles. The molecule has 0 bridgehead atoms. The highest BCUT2D eigenvalue weighted by Gasteiger charge is 2.04. The lowest BCUT2D eigenvalue weighted by Gasteiger charge is -2.15. The van der Waals surface area contributed by atoms with Crippen molar-refractivity contribution in [3.05, 3.63) is 53.9 Å². The lowest BCUT2D eigenvalue weighted by atomic mass is 10.2. The van der Waals surface area contributed by atoms with Gasteiger partial charge in [-0.15, -0.1) is 24.0 Å². The molecular weight excluding hydrogens is 401 g/mol. The van der Waals surface area contributed by atoms with E-state index in [9.17, 15) is 0 Å². The molecule has 0 aliphatic heterocycles. The first-order valence-corrected chi connectivity index (χ1v) is 7.73. The number of benzene rings is 1. The summed E-state index contributed by atoms with van der Waals surface area (Å²) in [7, 11) is 1.79. The average Bonchev–Trinajstić information content (AvgIpc) is 2.99. The largest absolute Gasteiger partial charge is 0.354 e. The van der Waals surface area contributed by atoms with Crippen molar-refractivity contribution in [3.63, 3.8) is 0 Å². The van der Waals surface area contributed by atoms with Crippen molar-refractivity contribution in [2.75, 3.05) is 7.05 Å². The molecule has 0 saturated carbocycles. The van der Waals surface area contributed by atoms with Crippen LogP contribution in [0.3, 0.4) is 0 Å². The molecule has 0 amide bonds. The first-order chi connectivity index (χ1) is 10.7. The van der Waals surface area contributed by atoms with Gasteiger partial charge in [0.2, 0.25) is 0 Å². The van der Waals surface area contributed by atoms with E-state index in [0.29, 0.717) is 12.6 Å². The quantitative estimate of drug-likeness (QED) is 0.424. The second-order valence-corrected chi connectivity index (χ2v) is 5.41. The van der Waals surface area contributed by atoms with Gasteiger partial charge >= 0.3 is 0 Å². The predicted octanol–water partition coefficient (Wildman–Crippen LogP) is 3.01. The first kappa shape index (κ1) is 19.5. The summed E-state index contributed by atoms with van der Waals surface area (Å²) in [6.07, 6.45) is 5.03. The number of halogens is 1. The lowest BCUT2D eigenvalue weighted by Crippen LogP contribution is -2.41. The van der Waals surface area contributed by atoms with E-state index in [4.69, 9.17) is 0 Å². The van der Waals surface area contributed by atoms with Gasteiger partial charge in [0, 0.05) is 31.4 Å². The molecule has 0 fully saturated rings. The number of aromatic nitrogens is 2. The molecule has 0 saturated heterocycles. The van der Waals surface area contributed by atoms with Crippen molar-refractivity contribution in [2.45, 2.75) is 39.4 Å². The molecule has 0 aliphatic rings. The molecule has 1 aromatic heterocycles. The molecule has 1 heterocycles. The summed E-state index contributed by atoms with van der Waals surface area (Å²) in [5.41, 5.74) is 2.39. The summed E-state index contributed by atoms with van der Waals surface area (Å²) in [6.45, 7) is 5.80. The van der Waals surface area contributed by atoms with Gasteiger partial charge in [0.1, 0.15) is 0 Å². The Kier molecular flexibility index (Phi) is 8.68. The lowest BCUT2D eigenvalue weighted by molar-refractivity contribution is 0.624. The minimum absolute atomic E-state index is 0. The van der Waals surface area contributed by atoms with Crippen molar-refractivity contribution >= 4 is 29.9 Å². The minimum Gasteiger partial charge on any atom is -0.354 e. The first-order valence-electron chi connectivity index (χ1n) is 7.73. The summed E-state index contributed by atoms with van der Waals surface area (Å²) in [6, 6.07) is 10.7. The second-order valence-electron chi connectivity index (χ2n) is 5.41.